The van der Waals surface area contributed by atoms with Gasteiger partial charge in [-0.2, -0.15) is 0 Å². The summed E-state index contributed by atoms with van der Waals surface area (Å²) in [4.78, 5) is 14.1. The lowest BCUT2D eigenvalue weighted by molar-refractivity contribution is 0.0525. The van der Waals surface area contributed by atoms with Gasteiger partial charge in [0.25, 0.3) is 0 Å². The second kappa shape index (κ2) is 5.21. The van der Waals surface area contributed by atoms with Crippen molar-refractivity contribution in [1.29, 1.82) is 0 Å². The molecule has 1 aromatic rings. The van der Waals surface area contributed by atoms with Gasteiger partial charge in [-0.15, -0.1) is 0 Å². The molecule has 1 aliphatic rings. The van der Waals surface area contributed by atoms with E-state index in [-0.39, 0.29) is 5.97 Å². The van der Waals surface area contributed by atoms with Gasteiger partial charge in [-0.05, 0) is 44.4 Å². The van der Waals surface area contributed by atoms with Crippen LogP contribution in [0, 0.1) is 6.92 Å². The molecule has 17 heavy (non-hydrogen) atoms. The van der Waals surface area contributed by atoms with Crippen LogP contribution in [0.2, 0.25) is 0 Å². The molecule has 1 saturated heterocycles. The highest BCUT2D eigenvalue weighted by molar-refractivity contribution is 5.92. The van der Waals surface area contributed by atoms with Gasteiger partial charge in [-0.3, -0.25) is 0 Å². The summed E-state index contributed by atoms with van der Waals surface area (Å²) in [7, 11) is 0. The number of hydrogen-bond acceptors (Lipinski definition) is 3. The number of rotatable bonds is 3. The fraction of sp³-hybridized carbons (Fsp3) is 0.500. The van der Waals surface area contributed by atoms with Crippen LogP contribution >= 0.6 is 0 Å². The first-order valence-corrected chi connectivity index (χ1v) is 6.25. The maximum Gasteiger partial charge on any atom is 0.338 e. The van der Waals surface area contributed by atoms with Gasteiger partial charge in [0.15, 0.2) is 0 Å². The third-order valence-electron chi connectivity index (χ3n) is 3.25. The van der Waals surface area contributed by atoms with E-state index in [0.717, 1.165) is 18.7 Å². The van der Waals surface area contributed by atoms with E-state index in [1.54, 1.807) is 0 Å². The van der Waals surface area contributed by atoms with Crippen LogP contribution in [0.15, 0.2) is 18.2 Å². The SMILES string of the molecule is CCOC(=O)c1cccc(N2CCCC2)c1C. The Balaban J connectivity index is 2.29. The Kier molecular flexibility index (Phi) is 3.67. The zero-order valence-corrected chi connectivity index (χ0v) is 10.5. The number of esters is 1. The maximum absolute atomic E-state index is 11.8. The van der Waals surface area contributed by atoms with Crippen molar-refractivity contribution in [2.75, 3.05) is 24.6 Å². The fourth-order valence-electron chi connectivity index (χ4n) is 2.35. The summed E-state index contributed by atoms with van der Waals surface area (Å²) in [6.45, 7) is 6.43. The molecule has 0 unspecified atom stereocenters. The summed E-state index contributed by atoms with van der Waals surface area (Å²) in [6.07, 6.45) is 2.48. The molecule has 3 nitrogen and oxygen atoms in total. The molecule has 92 valence electrons. The molecular weight excluding hydrogens is 214 g/mol. The average molecular weight is 233 g/mol. The summed E-state index contributed by atoms with van der Waals surface area (Å²) in [6, 6.07) is 5.86. The molecule has 0 radical (unpaired) electrons. The molecule has 2 rings (SSSR count). The van der Waals surface area contributed by atoms with Crippen molar-refractivity contribution < 1.29 is 9.53 Å². The van der Waals surface area contributed by atoms with Gasteiger partial charge in [0.05, 0.1) is 12.2 Å². The van der Waals surface area contributed by atoms with Gasteiger partial charge >= 0.3 is 5.97 Å². The minimum absolute atomic E-state index is 0.217. The van der Waals surface area contributed by atoms with Gasteiger partial charge in [0.1, 0.15) is 0 Å². The Morgan fingerprint density at radius 3 is 2.71 bits per heavy atom. The molecule has 0 aromatic heterocycles. The Bertz CT molecular complexity index is 409. The first kappa shape index (κ1) is 12.0. The summed E-state index contributed by atoms with van der Waals surface area (Å²) in [5.41, 5.74) is 2.90. The molecule has 0 amide bonds. The highest BCUT2D eigenvalue weighted by atomic mass is 16.5. The van der Waals surface area contributed by atoms with Gasteiger partial charge in [-0.25, -0.2) is 4.79 Å². The van der Waals surface area contributed by atoms with Gasteiger partial charge in [-0.1, -0.05) is 6.07 Å². The molecule has 0 saturated carbocycles. The van der Waals surface area contributed by atoms with Crippen LogP contribution in [0.5, 0.6) is 0 Å². The number of anilines is 1. The standard InChI is InChI=1S/C14H19NO2/c1-3-17-14(16)12-7-6-8-13(11(12)2)15-9-4-5-10-15/h6-8H,3-5,9-10H2,1-2H3. The molecular formula is C14H19NO2. The molecule has 1 heterocycles. The van der Waals surface area contributed by atoms with Gasteiger partial charge in [0.2, 0.25) is 0 Å². The number of ether oxygens (including phenoxy) is 1. The first-order valence-electron chi connectivity index (χ1n) is 6.25. The summed E-state index contributed by atoms with van der Waals surface area (Å²) < 4.78 is 5.07. The summed E-state index contributed by atoms with van der Waals surface area (Å²) in [5, 5.41) is 0. The summed E-state index contributed by atoms with van der Waals surface area (Å²) in [5.74, 6) is -0.217. The Morgan fingerprint density at radius 2 is 2.06 bits per heavy atom. The largest absolute Gasteiger partial charge is 0.462 e. The zero-order valence-electron chi connectivity index (χ0n) is 10.5. The van der Waals surface area contributed by atoms with Gasteiger partial charge in [0, 0.05) is 18.8 Å². The molecule has 1 aromatic carbocycles. The average Bonchev–Trinajstić information content (AvgIpc) is 2.83. The van der Waals surface area contributed by atoms with Crippen molar-refractivity contribution >= 4 is 11.7 Å². The quantitative estimate of drug-likeness (QED) is 0.752. The van der Waals surface area contributed by atoms with Crippen LogP contribution in [0.3, 0.4) is 0 Å². The normalized spacial score (nSPS) is 15.1. The Morgan fingerprint density at radius 1 is 1.35 bits per heavy atom. The van der Waals surface area contributed by atoms with Crippen molar-refractivity contribution in [3.8, 4) is 0 Å². The molecule has 0 aliphatic carbocycles. The lowest BCUT2D eigenvalue weighted by Crippen LogP contribution is -2.20. The molecule has 0 atom stereocenters. The topological polar surface area (TPSA) is 29.5 Å². The summed E-state index contributed by atoms with van der Waals surface area (Å²) >= 11 is 0. The lowest BCUT2D eigenvalue weighted by atomic mass is 10.1. The minimum atomic E-state index is -0.217. The van der Waals surface area contributed by atoms with Crippen LogP contribution in [-0.4, -0.2) is 25.7 Å². The van der Waals surface area contributed by atoms with Crippen molar-refractivity contribution in [1.82, 2.24) is 0 Å². The number of nitrogens with zero attached hydrogens (tertiary/aromatic N) is 1. The number of carbonyl (C=O) groups is 1. The number of benzene rings is 1. The van der Waals surface area contributed by atoms with Crippen molar-refractivity contribution in [3.63, 3.8) is 0 Å². The minimum Gasteiger partial charge on any atom is -0.462 e. The van der Waals surface area contributed by atoms with E-state index in [1.165, 1.54) is 18.5 Å². The van der Waals surface area contributed by atoms with E-state index >= 15 is 0 Å². The van der Waals surface area contributed by atoms with E-state index in [0.29, 0.717) is 12.2 Å². The fourth-order valence-corrected chi connectivity index (χ4v) is 2.35. The van der Waals surface area contributed by atoms with Crippen LogP contribution in [0.4, 0.5) is 5.69 Å². The van der Waals surface area contributed by atoms with Gasteiger partial charge < -0.3 is 9.64 Å². The first-order chi connectivity index (χ1) is 8.24. The molecule has 1 fully saturated rings. The zero-order chi connectivity index (χ0) is 12.3. The highest BCUT2D eigenvalue weighted by Gasteiger charge is 2.18. The predicted molar refractivity (Wildman–Crippen MR) is 68.6 cm³/mol. The molecule has 0 spiro atoms. The molecule has 1 aliphatic heterocycles. The molecule has 0 bridgehead atoms. The number of carbonyl (C=O) groups excluding carboxylic acids is 1. The van der Waals surface area contributed by atoms with E-state index in [9.17, 15) is 4.79 Å². The second-order valence-electron chi connectivity index (χ2n) is 4.36. The molecule has 0 N–H and O–H groups in total. The maximum atomic E-state index is 11.8. The van der Waals surface area contributed by atoms with Crippen LogP contribution in [-0.2, 0) is 4.74 Å². The van der Waals surface area contributed by atoms with Crippen molar-refractivity contribution in [3.05, 3.63) is 29.3 Å². The smallest absolute Gasteiger partial charge is 0.338 e. The third-order valence-corrected chi connectivity index (χ3v) is 3.25. The van der Waals surface area contributed by atoms with E-state index in [4.69, 9.17) is 4.74 Å². The van der Waals surface area contributed by atoms with E-state index in [2.05, 4.69) is 11.0 Å². The molecule has 3 heteroatoms. The van der Waals surface area contributed by atoms with Crippen LogP contribution < -0.4 is 4.90 Å². The monoisotopic (exact) mass is 233 g/mol. The van der Waals surface area contributed by atoms with Crippen molar-refractivity contribution in [2.45, 2.75) is 26.7 Å². The van der Waals surface area contributed by atoms with E-state index in [1.807, 2.05) is 26.0 Å². The van der Waals surface area contributed by atoms with E-state index < -0.39 is 0 Å². The predicted octanol–water partition coefficient (Wildman–Crippen LogP) is 2.77. The van der Waals surface area contributed by atoms with Crippen molar-refractivity contribution in [2.24, 2.45) is 0 Å². The third kappa shape index (κ3) is 2.43. The highest BCUT2D eigenvalue weighted by Crippen LogP contribution is 2.26. The Hall–Kier alpha value is -1.51. The Labute approximate surface area is 102 Å². The van der Waals surface area contributed by atoms with Crippen LogP contribution in [0.1, 0.15) is 35.7 Å². The lowest BCUT2D eigenvalue weighted by Gasteiger charge is -2.21. The number of hydrogen-bond donors (Lipinski definition) is 0. The van der Waals surface area contributed by atoms with Crippen LogP contribution in [0.25, 0.3) is 0 Å². The second-order valence-corrected chi connectivity index (χ2v) is 4.36.